The molecule has 0 aliphatic rings. The van der Waals surface area contributed by atoms with Crippen LogP contribution in [0.3, 0.4) is 0 Å². The molecule has 88 valence electrons. The third-order valence-electron chi connectivity index (χ3n) is 1.63. The Labute approximate surface area is 97.6 Å². The fraction of sp³-hybridized carbons (Fsp3) is 0.400. The molecular weight excluding hydrogens is 235 g/mol. The third kappa shape index (κ3) is 2.82. The fourth-order valence-electron chi connectivity index (χ4n) is 0.973. The van der Waals surface area contributed by atoms with Gasteiger partial charge in [0.1, 0.15) is 11.2 Å². The van der Waals surface area contributed by atoms with Crippen molar-refractivity contribution in [2.24, 2.45) is 0 Å². The highest BCUT2D eigenvalue weighted by Crippen LogP contribution is 2.23. The van der Waals surface area contributed by atoms with Crippen LogP contribution in [0.1, 0.15) is 31.1 Å². The summed E-state index contributed by atoms with van der Waals surface area (Å²) in [5, 5.41) is -0.371. The van der Waals surface area contributed by atoms with Crippen molar-refractivity contribution in [3.05, 3.63) is 22.7 Å². The Kier molecular flexibility index (Phi) is 3.38. The van der Waals surface area contributed by atoms with Gasteiger partial charge in [0.15, 0.2) is 11.0 Å². The molecule has 2 N–H and O–H groups in total. The van der Waals surface area contributed by atoms with E-state index >= 15 is 0 Å². The minimum Gasteiger partial charge on any atom is -0.456 e. The van der Waals surface area contributed by atoms with Crippen LogP contribution in [0.2, 0.25) is 5.15 Å². The molecule has 0 aromatic carbocycles. The number of nitrogens with zero attached hydrogens (tertiary/aromatic N) is 1. The van der Waals surface area contributed by atoms with Gasteiger partial charge < -0.3 is 10.5 Å². The molecule has 4 nitrogen and oxygen atoms in total. The van der Waals surface area contributed by atoms with Crippen LogP contribution in [0, 0.1) is 5.82 Å². The van der Waals surface area contributed by atoms with Crippen LogP contribution in [0.5, 0.6) is 0 Å². The molecule has 0 unspecified atom stereocenters. The van der Waals surface area contributed by atoms with Crippen LogP contribution in [0.25, 0.3) is 0 Å². The number of nitrogen functional groups attached to an aromatic ring is 1. The SMILES string of the molecule is CC(C)(C)OC(=O)c1cnc(Cl)c(F)c1N. The largest absolute Gasteiger partial charge is 0.456 e. The summed E-state index contributed by atoms with van der Waals surface area (Å²) in [6.07, 6.45) is 1.09. The number of rotatable bonds is 1. The van der Waals surface area contributed by atoms with Gasteiger partial charge in [-0.25, -0.2) is 14.2 Å². The van der Waals surface area contributed by atoms with Crippen molar-refractivity contribution < 1.29 is 13.9 Å². The second kappa shape index (κ2) is 4.25. The molecule has 0 saturated heterocycles. The molecule has 1 heterocycles. The molecule has 0 fully saturated rings. The summed E-state index contributed by atoms with van der Waals surface area (Å²) in [6, 6.07) is 0. The number of hydrogen-bond acceptors (Lipinski definition) is 4. The zero-order valence-electron chi connectivity index (χ0n) is 9.17. The molecule has 0 saturated carbocycles. The lowest BCUT2D eigenvalue weighted by Crippen LogP contribution is -2.24. The van der Waals surface area contributed by atoms with Gasteiger partial charge in [-0.15, -0.1) is 0 Å². The number of pyridine rings is 1. The van der Waals surface area contributed by atoms with Crippen molar-refractivity contribution in [3.63, 3.8) is 0 Å². The van der Waals surface area contributed by atoms with E-state index in [1.54, 1.807) is 20.8 Å². The van der Waals surface area contributed by atoms with Gasteiger partial charge in [-0.05, 0) is 20.8 Å². The lowest BCUT2D eigenvalue weighted by molar-refractivity contribution is 0.00699. The minimum atomic E-state index is -0.912. The highest BCUT2D eigenvalue weighted by molar-refractivity contribution is 6.30. The van der Waals surface area contributed by atoms with Crippen LogP contribution in [-0.2, 0) is 4.74 Å². The molecule has 0 atom stereocenters. The Morgan fingerprint density at radius 2 is 2.12 bits per heavy atom. The number of hydrogen-bond donors (Lipinski definition) is 1. The molecular formula is C10H12ClFN2O2. The molecule has 0 radical (unpaired) electrons. The highest BCUT2D eigenvalue weighted by atomic mass is 35.5. The second-order valence-corrected chi connectivity index (χ2v) is 4.55. The van der Waals surface area contributed by atoms with Gasteiger partial charge in [0.2, 0.25) is 0 Å². The predicted octanol–water partition coefficient (Wildman–Crippen LogP) is 2.41. The zero-order valence-corrected chi connectivity index (χ0v) is 9.93. The van der Waals surface area contributed by atoms with Crippen molar-refractivity contribution >= 4 is 23.3 Å². The molecule has 0 aliphatic heterocycles. The maximum absolute atomic E-state index is 13.3. The van der Waals surface area contributed by atoms with Gasteiger partial charge in [-0.2, -0.15) is 0 Å². The molecule has 1 rings (SSSR count). The first-order valence-electron chi connectivity index (χ1n) is 4.55. The van der Waals surface area contributed by atoms with Crippen molar-refractivity contribution in [2.75, 3.05) is 5.73 Å². The summed E-state index contributed by atoms with van der Waals surface area (Å²) in [7, 11) is 0. The molecule has 0 spiro atoms. The third-order valence-corrected chi connectivity index (χ3v) is 1.90. The smallest absolute Gasteiger partial charge is 0.342 e. The average Bonchev–Trinajstić information content (AvgIpc) is 2.11. The molecule has 0 bridgehead atoms. The maximum Gasteiger partial charge on any atom is 0.342 e. The van der Waals surface area contributed by atoms with Crippen LogP contribution in [0.4, 0.5) is 10.1 Å². The first-order chi connectivity index (χ1) is 7.22. The number of carbonyl (C=O) groups excluding carboxylic acids is 1. The first-order valence-corrected chi connectivity index (χ1v) is 4.93. The summed E-state index contributed by atoms with van der Waals surface area (Å²) in [6.45, 7) is 5.09. The summed E-state index contributed by atoms with van der Waals surface area (Å²) >= 11 is 5.41. The lowest BCUT2D eigenvalue weighted by Gasteiger charge is -2.19. The zero-order chi connectivity index (χ0) is 12.5. The average molecular weight is 247 g/mol. The Morgan fingerprint density at radius 3 is 2.62 bits per heavy atom. The summed E-state index contributed by atoms with van der Waals surface area (Å²) < 4.78 is 18.3. The van der Waals surface area contributed by atoms with Crippen molar-refractivity contribution in [2.45, 2.75) is 26.4 Å². The maximum atomic E-state index is 13.3. The number of esters is 1. The second-order valence-electron chi connectivity index (χ2n) is 4.19. The number of nitrogens with two attached hydrogens (primary N) is 1. The van der Waals surface area contributed by atoms with E-state index < -0.39 is 17.4 Å². The van der Waals surface area contributed by atoms with Gasteiger partial charge in [0.25, 0.3) is 0 Å². The Morgan fingerprint density at radius 1 is 1.56 bits per heavy atom. The van der Waals surface area contributed by atoms with E-state index in [1.165, 1.54) is 0 Å². The summed E-state index contributed by atoms with van der Waals surface area (Å²) in [5.41, 5.74) is 4.24. The van der Waals surface area contributed by atoms with Gasteiger partial charge >= 0.3 is 5.97 Å². The van der Waals surface area contributed by atoms with Crippen LogP contribution in [0.15, 0.2) is 6.20 Å². The molecule has 0 aliphatic carbocycles. The Bertz CT molecular complexity index is 430. The van der Waals surface area contributed by atoms with E-state index in [9.17, 15) is 9.18 Å². The quantitative estimate of drug-likeness (QED) is 0.610. The molecule has 1 aromatic rings. The first kappa shape index (κ1) is 12.7. The van der Waals surface area contributed by atoms with Crippen molar-refractivity contribution in [1.29, 1.82) is 0 Å². The number of aromatic nitrogens is 1. The van der Waals surface area contributed by atoms with Gasteiger partial charge in [-0.1, -0.05) is 11.6 Å². The highest BCUT2D eigenvalue weighted by Gasteiger charge is 2.22. The molecule has 6 heteroatoms. The van der Waals surface area contributed by atoms with Crippen molar-refractivity contribution in [1.82, 2.24) is 4.98 Å². The topological polar surface area (TPSA) is 65.2 Å². The number of anilines is 1. The van der Waals surface area contributed by atoms with Crippen LogP contribution >= 0.6 is 11.6 Å². The fourth-order valence-corrected chi connectivity index (χ4v) is 1.12. The molecule has 16 heavy (non-hydrogen) atoms. The Balaban J connectivity index is 3.06. The van der Waals surface area contributed by atoms with Gasteiger partial charge in [0, 0.05) is 6.20 Å². The van der Waals surface area contributed by atoms with E-state index in [0.29, 0.717) is 0 Å². The summed E-state index contributed by atoms with van der Waals surface area (Å²) in [5.74, 6) is -1.64. The van der Waals surface area contributed by atoms with Gasteiger partial charge in [-0.3, -0.25) is 0 Å². The summed E-state index contributed by atoms with van der Waals surface area (Å²) in [4.78, 5) is 15.1. The van der Waals surface area contributed by atoms with E-state index in [4.69, 9.17) is 22.1 Å². The molecule has 1 aromatic heterocycles. The number of ether oxygens (including phenoxy) is 1. The normalized spacial score (nSPS) is 11.3. The molecule has 0 amide bonds. The predicted molar refractivity (Wildman–Crippen MR) is 58.8 cm³/mol. The Hall–Kier alpha value is -1.36. The van der Waals surface area contributed by atoms with E-state index in [-0.39, 0.29) is 16.4 Å². The lowest BCUT2D eigenvalue weighted by atomic mass is 10.2. The number of carbonyl (C=O) groups is 1. The van der Waals surface area contributed by atoms with Crippen LogP contribution < -0.4 is 5.73 Å². The number of halogens is 2. The minimum absolute atomic E-state index is 0.128. The van der Waals surface area contributed by atoms with Crippen LogP contribution in [-0.4, -0.2) is 16.6 Å². The van der Waals surface area contributed by atoms with Crippen molar-refractivity contribution in [3.8, 4) is 0 Å². The van der Waals surface area contributed by atoms with Gasteiger partial charge in [0.05, 0.1) is 5.69 Å². The van der Waals surface area contributed by atoms with E-state index in [1.807, 2.05) is 0 Å². The standard InChI is InChI=1S/C10H12ClFN2O2/c1-10(2,3)16-9(15)5-4-14-8(11)6(12)7(5)13/h4H,1-3H3,(H2,13,14). The van der Waals surface area contributed by atoms with E-state index in [2.05, 4.69) is 4.98 Å². The van der Waals surface area contributed by atoms with E-state index in [0.717, 1.165) is 6.20 Å². The monoisotopic (exact) mass is 246 g/mol.